The lowest BCUT2D eigenvalue weighted by Gasteiger charge is -2.31. The van der Waals surface area contributed by atoms with E-state index in [1.807, 2.05) is 0 Å². The third-order valence-corrected chi connectivity index (χ3v) is 7.56. The first kappa shape index (κ1) is 27.7. The lowest BCUT2D eigenvalue weighted by Crippen LogP contribution is -2.56. The van der Waals surface area contributed by atoms with E-state index in [4.69, 9.17) is 0 Å². The number of hydrogen-bond donors (Lipinski definition) is 0. The molecule has 0 saturated carbocycles. The van der Waals surface area contributed by atoms with Gasteiger partial charge in [0.1, 0.15) is 0 Å². The van der Waals surface area contributed by atoms with E-state index in [1.165, 1.54) is 20.2 Å². The highest BCUT2D eigenvalue weighted by atomic mass is 32.2. The van der Waals surface area contributed by atoms with Crippen LogP contribution in [0.1, 0.15) is 12.5 Å². The summed E-state index contributed by atoms with van der Waals surface area (Å²) >= 11 is 0. The molecule has 0 spiro atoms. The first-order valence-electron chi connectivity index (χ1n) is 9.59. The summed E-state index contributed by atoms with van der Waals surface area (Å²) in [5, 5.41) is -6.35. The lowest BCUT2D eigenvalue weighted by molar-refractivity contribution is -0.273. The maximum absolute atomic E-state index is 12.1. The molecule has 0 aliphatic heterocycles. The van der Waals surface area contributed by atoms with E-state index in [9.17, 15) is 39.3 Å². The van der Waals surface area contributed by atoms with Crippen molar-refractivity contribution in [2.45, 2.75) is 45.6 Å². The zero-order chi connectivity index (χ0) is 25.8. The predicted molar refractivity (Wildman–Crippen MR) is 116 cm³/mol. The quantitative estimate of drug-likeness (QED) is 0.211. The molecule has 0 aromatic heterocycles. The minimum absolute atomic E-state index is 0.0229. The van der Waals surface area contributed by atoms with E-state index in [0.717, 1.165) is 0 Å². The fourth-order valence-corrected chi connectivity index (χ4v) is 5.18. The number of halogens is 6. The summed E-state index contributed by atoms with van der Waals surface area (Å²) in [6.45, 7) is 1.51. The van der Waals surface area contributed by atoms with Crippen LogP contribution in [0.15, 0.2) is 99.6 Å². The molecule has 0 radical (unpaired) electrons. The second kappa shape index (κ2) is 10.4. The molecule has 0 unspecified atom stereocenters. The van der Waals surface area contributed by atoms with Crippen LogP contribution in [-0.4, -0.2) is 30.1 Å². The van der Waals surface area contributed by atoms with E-state index < -0.39 is 34.1 Å². The third kappa shape index (κ3) is 6.13. The van der Waals surface area contributed by atoms with Crippen LogP contribution in [0.3, 0.4) is 0 Å². The van der Waals surface area contributed by atoms with E-state index in [0.29, 0.717) is 0 Å². The van der Waals surface area contributed by atoms with Crippen molar-refractivity contribution >= 4 is 21.0 Å². The Balaban J connectivity index is 0.000000259. The molecule has 11 heteroatoms. The molecule has 0 fully saturated rings. The van der Waals surface area contributed by atoms with Gasteiger partial charge in [-0.15, -0.1) is 0 Å². The van der Waals surface area contributed by atoms with E-state index >= 15 is 0 Å². The Morgan fingerprint density at radius 1 is 0.676 bits per heavy atom. The maximum Gasteiger partial charge on any atom is 0.402 e. The third-order valence-electron chi connectivity index (χ3n) is 4.45. The number of hydrogen-bond acceptors (Lipinski definition) is 3. The van der Waals surface area contributed by atoms with Crippen molar-refractivity contribution in [3.63, 3.8) is 0 Å². The summed E-state index contributed by atoms with van der Waals surface area (Å²) in [6, 6.07) is 30.4. The molecule has 34 heavy (non-hydrogen) atoms. The average Bonchev–Trinajstić information content (AvgIpc) is 2.76. The molecule has 184 valence electrons. The summed E-state index contributed by atoms with van der Waals surface area (Å²) in [4.78, 5) is 4.10. The highest BCUT2D eigenvalue weighted by molar-refractivity contribution is 7.97. The minimum atomic E-state index is -6.86. The summed E-state index contributed by atoms with van der Waals surface area (Å²) in [5.74, 6) is -11.6. The van der Waals surface area contributed by atoms with Crippen molar-refractivity contribution in [2.24, 2.45) is 0 Å². The highest BCUT2D eigenvalue weighted by Crippen LogP contribution is 2.47. The van der Waals surface area contributed by atoms with Crippen molar-refractivity contribution in [3.8, 4) is 0 Å². The summed E-state index contributed by atoms with van der Waals surface area (Å²) in [7, 11) is -6.88. The molecule has 0 heterocycles. The standard InChI is InChI=1S/C19H17S.C4H4F6O3S/c1-16-12-14-19(15-13-16)20(17-8-4-2-5-9-17)18-10-6-3-7-11-18;1-2(5,6)3(7,8)4(9,10)14(11,12)13/h2-15H,1H3;1H3,(H,11,12,13)/q+1;/p-1. The Morgan fingerprint density at radius 3 is 1.32 bits per heavy atom. The van der Waals surface area contributed by atoms with Crippen LogP contribution in [-0.2, 0) is 21.0 Å². The Hall–Kier alpha value is -2.50. The van der Waals surface area contributed by atoms with Crippen LogP contribution < -0.4 is 0 Å². The monoisotopic (exact) mass is 522 g/mol. The molecule has 3 aromatic carbocycles. The Labute approximate surface area is 196 Å². The van der Waals surface area contributed by atoms with Gasteiger partial charge in [0, 0.05) is 6.92 Å². The van der Waals surface area contributed by atoms with Crippen LogP contribution in [0.2, 0.25) is 0 Å². The molecule has 0 atom stereocenters. The maximum atomic E-state index is 12.1. The fraction of sp³-hybridized carbons (Fsp3) is 0.217. The molecule has 0 bridgehead atoms. The molecular weight excluding hydrogens is 502 g/mol. The molecule has 3 rings (SSSR count). The molecule has 0 aliphatic rings. The summed E-state index contributed by atoms with van der Waals surface area (Å²) < 4.78 is 101. The van der Waals surface area contributed by atoms with Crippen molar-refractivity contribution < 1.29 is 39.3 Å². The predicted octanol–water partition coefficient (Wildman–Crippen LogP) is 6.51. The first-order valence-corrected chi connectivity index (χ1v) is 12.2. The largest absolute Gasteiger partial charge is 0.743 e. The smallest absolute Gasteiger partial charge is 0.402 e. The van der Waals surface area contributed by atoms with Gasteiger partial charge in [-0.25, -0.2) is 8.42 Å². The van der Waals surface area contributed by atoms with Gasteiger partial charge in [0.15, 0.2) is 24.8 Å². The molecule has 0 N–H and O–H groups in total. The van der Waals surface area contributed by atoms with Crippen LogP contribution in [0.25, 0.3) is 0 Å². The average molecular weight is 523 g/mol. The zero-order valence-electron chi connectivity index (χ0n) is 17.9. The second-order valence-electron chi connectivity index (χ2n) is 7.18. The molecule has 3 nitrogen and oxygen atoms in total. The molecule has 0 amide bonds. The summed E-state index contributed by atoms with van der Waals surface area (Å²) in [5.41, 5.74) is 1.30. The van der Waals surface area contributed by atoms with Gasteiger partial charge >= 0.3 is 17.1 Å². The highest BCUT2D eigenvalue weighted by Gasteiger charge is 2.72. The van der Waals surface area contributed by atoms with E-state index in [-0.39, 0.29) is 10.9 Å². The van der Waals surface area contributed by atoms with E-state index in [2.05, 4.69) is 91.9 Å². The minimum Gasteiger partial charge on any atom is -0.743 e. The first-order chi connectivity index (χ1) is 15.6. The van der Waals surface area contributed by atoms with Crippen LogP contribution in [0, 0.1) is 6.92 Å². The molecular formula is C23H20F6O3S2. The van der Waals surface area contributed by atoms with Gasteiger partial charge in [-0.2, -0.15) is 26.3 Å². The number of benzene rings is 3. The van der Waals surface area contributed by atoms with Crippen LogP contribution in [0.5, 0.6) is 0 Å². The Bertz CT molecular complexity index is 1130. The second-order valence-corrected chi connectivity index (χ2v) is 10.6. The van der Waals surface area contributed by atoms with Crippen molar-refractivity contribution in [2.75, 3.05) is 0 Å². The van der Waals surface area contributed by atoms with E-state index in [1.54, 1.807) is 0 Å². The number of aryl methyl sites for hydroxylation is 1. The topological polar surface area (TPSA) is 57.2 Å². The SMILES string of the molecule is CC(F)(F)C(F)(F)C(F)(F)S(=O)(=O)[O-].Cc1ccc([S+](c2ccccc2)c2ccccc2)cc1. The molecule has 0 saturated heterocycles. The Morgan fingerprint density at radius 2 is 1.03 bits per heavy atom. The van der Waals surface area contributed by atoms with Gasteiger partial charge in [0.05, 0.1) is 10.9 Å². The van der Waals surface area contributed by atoms with Crippen LogP contribution >= 0.6 is 0 Å². The van der Waals surface area contributed by atoms with Crippen molar-refractivity contribution in [1.82, 2.24) is 0 Å². The van der Waals surface area contributed by atoms with Gasteiger partial charge in [-0.1, -0.05) is 54.1 Å². The Kier molecular flexibility index (Phi) is 8.49. The van der Waals surface area contributed by atoms with Gasteiger partial charge in [-0.3, -0.25) is 0 Å². The van der Waals surface area contributed by atoms with Crippen molar-refractivity contribution in [3.05, 3.63) is 90.5 Å². The molecule has 0 aliphatic carbocycles. The van der Waals surface area contributed by atoms with Gasteiger partial charge in [0.25, 0.3) is 0 Å². The normalized spacial score (nSPS) is 12.8. The van der Waals surface area contributed by atoms with Crippen LogP contribution in [0.4, 0.5) is 26.3 Å². The summed E-state index contributed by atoms with van der Waals surface area (Å²) in [6.07, 6.45) is 0. The van der Waals surface area contributed by atoms with Gasteiger partial charge < -0.3 is 4.55 Å². The molecule has 3 aromatic rings. The number of rotatable bonds is 6. The van der Waals surface area contributed by atoms with Gasteiger partial charge in [-0.05, 0) is 43.3 Å². The number of alkyl halides is 6. The van der Waals surface area contributed by atoms with Crippen molar-refractivity contribution in [1.29, 1.82) is 0 Å². The van der Waals surface area contributed by atoms with Gasteiger partial charge in [0.2, 0.25) is 0 Å². The fourth-order valence-electron chi connectivity index (χ4n) is 2.61. The lowest BCUT2D eigenvalue weighted by atomic mass is 10.2. The zero-order valence-corrected chi connectivity index (χ0v) is 19.5.